The van der Waals surface area contributed by atoms with Crippen LogP contribution in [-0.2, 0) is 5.41 Å². The molecular formula is C49H35N3O. The second kappa shape index (κ2) is 11.2. The van der Waals surface area contributed by atoms with Gasteiger partial charge in [0.15, 0.2) is 0 Å². The molecule has 9 aromatic rings. The van der Waals surface area contributed by atoms with Crippen LogP contribution in [0.25, 0.3) is 66.3 Å². The smallest absolute Gasteiger partial charge is 0.145 e. The van der Waals surface area contributed by atoms with Gasteiger partial charge in [-0.2, -0.15) is 0 Å². The minimum absolute atomic E-state index is 0.199. The van der Waals surface area contributed by atoms with E-state index < -0.39 is 0 Å². The first kappa shape index (κ1) is 30.0. The van der Waals surface area contributed by atoms with E-state index in [2.05, 4.69) is 181 Å². The van der Waals surface area contributed by atoms with Crippen molar-refractivity contribution in [2.45, 2.75) is 25.4 Å². The maximum absolute atomic E-state index is 6.62. The number of rotatable bonds is 4. The molecule has 7 aromatic carbocycles. The van der Waals surface area contributed by atoms with Crippen molar-refractivity contribution >= 4 is 55.2 Å². The van der Waals surface area contributed by atoms with Gasteiger partial charge in [-0.15, -0.1) is 0 Å². The van der Waals surface area contributed by atoms with E-state index in [9.17, 15) is 0 Å². The second-order valence-corrected chi connectivity index (χ2v) is 14.8. The predicted molar refractivity (Wildman–Crippen MR) is 219 cm³/mol. The van der Waals surface area contributed by atoms with E-state index in [1.165, 1.54) is 49.7 Å². The lowest BCUT2D eigenvalue weighted by atomic mass is 9.82. The zero-order valence-electron chi connectivity index (χ0n) is 29.5. The first-order valence-corrected chi connectivity index (χ1v) is 18.3. The monoisotopic (exact) mass is 681 g/mol. The Morgan fingerprint density at radius 2 is 1.23 bits per heavy atom. The normalized spacial score (nSPS) is 16.1. The molecule has 3 heterocycles. The first-order valence-electron chi connectivity index (χ1n) is 18.3. The Labute approximate surface area is 307 Å². The number of para-hydroxylation sites is 2. The number of benzene rings is 7. The molecule has 252 valence electrons. The molecule has 1 unspecified atom stereocenters. The molecule has 0 amide bonds. The van der Waals surface area contributed by atoms with E-state index in [-0.39, 0.29) is 11.6 Å². The van der Waals surface area contributed by atoms with Crippen molar-refractivity contribution in [1.82, 2.24) is 9.88 Å². The predicted octanol–water partition coefficient (Wildman–Crippen LogP) is 12.1. The van der Waals surface area contributed by atoms with Crippen LogP contribution in [0, 0.1) is 0 Å². The van der Waals surface area contributed by atoms with Gasteiger partial charge in [0.05, 0.1) is 16.7 Å². The summed E-state index contributed by atoms with van der Waals surface area (Å²) in [4.78, 5) is 5.25. The van der Waals surface area contributed by atoms with Crippen LogP contribution >= 0.6 is 0 Å². The number of allylic oxidation sites excluding steroid dienone is 1. The van der Waals surface area contributed by atoms with Crippen LogP contribution in [0.1, 0.15) is 47.8 Å². The van der Waals surface area contributed by atoms with Gasteiger partial charge in [-0.25, -0.2) is 0 Å². The van der Waals surface area contributed by atoms with Gasteiger partial charge in [-0.1, -0.05) is 111 Å². The van der Waals surface area contributed by atoms with Gasteiger partial charge in [0.2, 0.25) is 0 Å². The van der Waals surface area contributed by atoms with E-state index in [0.29, 0.717) is 0 Å². The van der Waals surface area contributed by atoms with Crippen molar-refractivity contribution in [2.75, 3.05) is 0 Å². The Balaban J connectivity index is 1.09. The standard InChI is InChI=1S/C49H35N3O/c1-49(2)40-27-45-37(34-20-12-13-21-44(34)52(45)33-18-10-5-11-19-33)25-35(40)36-26-39-38-24-32(22-23-46(38)53-47(39)28-41(36)49)43-29-42(30-14-6-3-7-15-30)50-48(51-43)31-16-8-4-9-17-31/h3-29,48,50H,1-2H3. The summed E-state index contributed by atoms with van der Waals surface area (Å²) in [5.41, 5.74) is 15.7. The number of aromatic nitrogens is 1. The number of fused-ring (bicyclic) bond motifs is 9. The van der Waals surface area contributed by atoms with Gasteiger partial charge >= 0.3 is 0 Å². The lowest BCUT2D eigenvalue weighted by molar-refractivity contribution is 0.647. The molecule has 0 bridgehead atoms. The molecule has 1 atom stereocenters. The molecule has 0 saturated carbocycles. The molecule has 0 saturated heterocycles. The summed E-state index contributed by atoms with van der Waals surface area (Å²) in [5.74, 6) is 0. The summed E-state index contributed by atoms with van der Waals surface area (Å²) in [7, 11) is 0. The first-order chi connectivity index (χ1) is 26.0. The molecule has 2 aromatic heterocycles. The summed E-state index contributed by atoms with van der Waals surface area (Å²) < 4.78 is 9.03. The zero-order chi connectivity index (χ0) is 35.3. The highest BCUT2D eigenvalue weighted by Crippen LogP contribution is 2.53. The molecule has 4 heteroatoms. The summed E-state index contributed by atoms with van der Waals surface area (Å²) in [6, 6.07) is 56.5. The van der Waals surface area contributed by atoms with Gasteiger partial charge in [0.1, 0.15) is 17.3 Å². The average molecular weight is 682 g/mol. The van der Waals surface area contributed by atoms with Gasteiger partial charge in [-0.05, 0) is 100 Å². The maximum atomic E-state index is 6.62. The molecule has 0 fully saturated rings. The number of nitrogens with zero attached hydrogens (tertiary/aromatic N) is 2. The third-order valence-corrected chi connectivity index (χ3v) is 11.4. The largest absolute Gasteiger partial charge is 0.456 e. The number of hydrogen-bond acceptors (Lipinski definition) is 3. The Kier molecular flexibility index (Phi) is 6.33. The zero-order valence-corrected chi connectivity index (χ0v) is 29.5. The minimum atomic E-state index is -0.204. The van der Waals surface area contributed by atoms with Crippen molar-refractivity contribution in [3.05, 3.63) is 192 Å². The topological polar surface area (TPSA) is 42.5 Å². The van der Waals surface area contributed by atoms with Crippen LogP contribution in [0.15, 0.2) is 173 Å². The summed E-state index contributed by atoms with van der Waals surface area (Å²) in [6.07, 6.45) is 1.97. The van der Waals surface area contributed by atoms with Crippen molar-refractivity contribution in [3.63, 3.8) is 0 Å². The molecule has 1 aliphatic heterocycles. The van der Waals surface area contributed by atoms with Crippen LogP contribution in [0.4, 0.5) is 0 Å². The lowest BCUT2D eigenvalue weighted by Crippen LogP contribution is -2.24. The number of nitrogens with one attached hydrogen (secondary N) is 1. The third kappa shape index (κ3) is 4.52. The van der Waals surface area contributed by atoms with Gasteiger partial charge < -0.3 is 14.3 Å². The highest BCUT2D eigenvalue weighted by molar-refractivity contribution is 6.17. The minimum Gasteiger partial charge on any atom is -0.456 e. The summed E-state index contributed by atoms with van der Waals surface area (Å²) in [5, 5.41) is 8.43. The Morgan fingerprint density at radius 3 is 2.02 bits per heavy atom. The van der Waals surface area contributed by atoms with Crippen molar-refractivity contribution in [3.8, 4) is 16.8 Å². The van der Waals surface area contributed by atoms with E-state index >= 15 is 0 Å². The van der Waals surface area contributed by atoms with E-state index in [0.717, 1.165) is 50.0 Å². The van der Waals surface area contributed by atoms with Crippen molar-refractivity contribution in [1.29, 1.82) is 0 Å². The molecule has 0 spiro atoms. The quantitative estimate of drug-likeness (QED) is 0.201. The highest BCUT2D eigenvalue weighted by Gasteiger charge is 2.37. The molecule has 11 rings (SSSR count). The van der Waals surface area contributed by atoms with Crippen LogP contribution in [-0.4, -0.2) is 10.3 Å². The Bertz CT molecular complexity index is 2980. The number of aliphatic imine (C=N–C) groups is 1. The molecule has 1 aliphatic carbocycles. The second-order valence-electron chi connectivity index (χ2n) is 14.8. The van der Waals surface area contributed by atoms with Crippen LogP contribution in [0.3, 0.4) is 0 Å². The van der Waals surface area contributed by atoms with E-state index in [4.69, 9.17) is 9.41 Å². The van der Waals surface area contributed by atoms with Gasteiger partial charge in [0.25, 0.3) is 0 Å². The fraction of sp³-hybridized carbons (Fsp3) is 0.0816. The lowest BCUT2D eigenvalue weighted by Gasteiger charge is -2.25. The summed E-state index contributed by atoms with van der Waals surface area (Å²) >= 11 is 0. The Morgan fingerprint density at radius 1 is 0.566 bits per heavy atom. The fourth-order valence-electron chi connectivity index (χ4n) is 8.75. The molecule has 1 N–H and O–H groups in total. The number of furan rings is 1. The van der Waals surface area contributed by atoms with Crippen LogP contribution < -0.4 is 5.32 Å². The van der Waals surface area contributed by atoms with Crippen molar-refractivity contribution < 1.29 is 4.42 Å². The average Bonchev–Trinajstić information content (AvgIpc) is 3.81. The van der Waals surface area contributed by atoms with Gasteiger partial charge in [-0.3, -0.25) is 4.99 Å². The van der Waals surface area contributed by atoms with E-state index in [1.54, 1.807) is 0 Å². The molecule has 4 nitrogen and oxygen atoms in total. The highest BCUT2D eigenvalue weighted by atomic mass is 16.3. The molecule has 0 radical (unpaired) electrons. The SMILES string of the molecule is CC1(C)c2cc3oc4ccc(C5=NC(c6ccccc6)NC(c6ccccc6)=C5)cc4c3cc2-c2cc3c4ccccc4n(-c4ccccc4)c3cc21. The fourth-order valence-corrected chi connectivity index (χ4v) is 8.75. The maximum Gasteiger partial charge on any atom is 0.145 e. The molecule has 2 aliphatic rings. The van der Waals surface area contributed by atoms with E-state index in [1.807, 2.05) is 6.07 Å². The number of hydrogen-bond donors (Lipinski definition) is 1. The van der Waals surface area contributed by atoms with Crippen LogP contribution in [0.5, 0.6) is 0 Å². The Hall–Kier alpha value is -6.65. The van der Waals surface area contributed by atoms with Crippen LogP contribution in [0.2, 0.25) is 0 Å². The summed E-state index contributed by atoms with van der Waals surface area (Å²) in [6.45, 7) is 4.70. The van der Waals surface area contributed by atoms with Gasteiger partial charge in [0, 0.05) is 43.9 Å². The van der Waals surface area contributed by atoms with Crippen molar-refractivity contribution in [2.24, 2.45) is 4.99 Å². The molecular weight excluding hydrogens is 647 g/mol. The molecule has 53 heavy (non-hydrogen) atoms. The third-order valence-electron chi connectivity index (χ3n) is 11.4.